The van der Waals surface area contributed by atoms with Gasteiger partial charge >= 0.3 is 0 Å². The summed E-state index contributed by atoms with van der Waals surface area (Å²) in [5.41, 5.74) is 1.21. The highest BCUT2D eigenvalue weighted by atomic mass is 79.9. The lowest BCUT2D eigenvalue weighted by Crippen LogP contribution is -2.16. The van der Waals surface area contributed by atoms with E-state index < -0.39 is 0 Å². The van der Waals surface area contributed by atoms with Crippen molar-refractivity contribution in [2.24, 2.45) is 11.8 Å². The van der Waals surface area contributed by atoms with E-state index in [1.807, 2.05) is 12.1 Å². The van der Waals surface area contributed by atoms with Crippen molar-refractivity contribution in [3.05, 3.63) is 35.6 Å². The van der Waals surface area contributed by atoms with E-state index in [-0.39, 0.29) is 5.82 Å². The summed E-state index contributed by atoms with van der Waals surface area (Å²) in [5, 5.41) is 0. The molecule has 0 N–H and O–H groups in total. The Kier molecular flexibility index (Phi) is 4.01. The Hall–Kier alpha value is -0.370. The van der Waals surface area contributed by atoms with Gasteiger partial charge in [0.05, 0.1) is 0 Å². The fourth-order valence-electron chi connectivity index (χ4n) is 2.50. The predicted molar refractivity (Wildman–Crippen MR) is 69.2 cm³/mol. The summed E-state index contributed by atoms with van der Waals surface area (Å²) in [6.07, 6.45) is 5.23. The Balaban J connectivity index is 2.01. The van der Waals surface area contributed by atoms with E-state index in [0.717, 1.165) is 5.92 Å². The maximum atomic E-state index is 12.8. The molecule has 0 heterocycles. The van der Waals surface area contributed by atoms with Crippen LogP contribution in [0.1, 0.15) is 43.0 Å². The minimum Gasteiger partial charge on any atom is -0.207 e. The topological polar surface area (TPSA) is 0 Å². The van der Waals surface area contributed by atoms with Gasteiger partial charge < -0.3 is 0 Å². The summed E-state index contributed by atoms with van der Waals surface area (Å²) in [5.74, 6) is 1.44. The molecule has 16 heavy (non-hydrogen) atoms. The lowest BCUT2D eigenvalue weighted by atomic mass is 9.80. The van der Waals surface area contributed by atoms with Gasteiger partial charge in [-0.1, -0.05) is 47.8 Å². The zero-order chi connectivity index (χ0) is 11.5. The van der Waals surface area contributed by atoms with Crippen LogP contribution in [-0.4, -0.2) is 0 Å². The molecule has 88 valence electrons. The lowest BCUT2D eigenvalue weighted by Gasteiger charge is -2.30. The minimum atomic E-state index is -0.152. The van der Waals surface area contributed by atoms with Gasteiger partial charge in [-0.25, -0.2) is 4.39 Å². The number of hydrogen-bond acceptors (Lipinski definition) is 0. The van der Waals surface area contributed by atoms with Crippen LogP contribution >= 0.6 is 15.9 Å². The highest BCUT2D eigenvalue weighted by Crippen LogP contribution is 2.41. The van der Waals surface area contributed by atoms with Gasteiger partial charge in [-0.15, -0.1) is 0 Å². The van der Waals surface area contributed by atoms with Crippen LogP contribution in [0.25, 0.3) is 0 Å². The molecule has 2 rings (SSSR count). The Labute approximate surface area is 105 Å². The van der Waals surface area contributed by atoms with Gasteiger partial charge in [-0.2, -0.15) is 0 Å². The molecule has 0 spiro atoms. The molecule has 0 saturated heterocycles. The summed E-state index contributed by atoms with van der Waals surface area (Å²) in [6.45, 7) is 2.33. The SMILES string of the molecule is CC1CCC(C(Br)c2ccc(F)cc2)CC1. The third kappa shape index (κ3) is 2.85. The van der Waals surface area contributed by atoms with E-state index in [2.05, 4.69) is 22.9 Å². The van der Waals surface area contributed by atoms with Gasteiger partial charge in [0.25, 0.3) is 0 Å². The summed E-state index contributed by atoms with van der Waals surface area (Å²) in [4.78, 5) is 0.389. The van der Waals surface area contributed by atoms with Crippen molar-refractivity contribution >= 4 is 15.9 Å². The first-order valence-corrected chi connectivity index (χ1v) is 6.98. The first kappa shape index (κ1) is 12.1. The maximum absolute atomic E-state index is 12.8. The van der Waals surface area contributed by atoms with Crippen molar-refractivity contribution in [1.29, 1.82) is 0 Å². The number of alkyl halides is 1. The van der Waals surface area contributed by atoms with Crippen LogP contribution in [0.5, 0.6) is 0 Å². The van der Waals surface area contributed by atoms with Gasteiger partial charge in [0.2, 0.25) is 0 Å². The molecular formula is C14H18BrF. The molecular weight excluding hydrogens is 267 g/mol. The Morgan fingerprint density at radius 3 is 2.25 bits per heavy atom. The molecule has 0 bridgehead atoms. The molecule has 2 heteroatoms. The average Bonchev–Trinajstić information content (AvgIpc) is 2.30. The van der Waals surface area contributed by atoms with Crippen LogP contribution in [-0.2, 0) is 0 Å². The van der Waals surface area contributed by atoms with Crippen molar-refractivity contribution in [3.63, 3.8) is 0 Å². The van der Waals surface area contributed by atoms with E-state index >= 15 is 0 Å². The number of hydrogen-bond donors (Lipinski definition) is 0. The normalized spacial score (nSPS) is 27.7. The van der Waals surface area contributed by atoms with Crippen LogP contribution in [0.2, 0.25) is 0 Å². The monoisotopic (exact) mass is 284 g/mol. The second-order valence-corrected chi connectivity index (χ2v) is 5.96. The minimum absolute atomic E-state index is 0.152. The quantitative estimate of drug-likeness (QED) is 0.664. The zero-order valence-corrected chi connectivity index (χ0v) is 11.2. The van der Waals surface area contributed by atoms with Crippen molar-refractivity contribution < 1.29 is 4.39 Å². The molecule has 0 radical (unpaired) electrons. The van der Waals surface area contributed by atoms with Crippen molar-refractivity contribution in [2.75, 3.05) is 0 Å². The first-order chi connectivity index (χ1) is 7.66. The maximum Gasteiger partial charge on any atom is 0.123 e. The number of benzene rings is 1. The highest BCUT2D eigenvalue weighted by Gasteiger charge is 2.25. The molecule has 0 aliphatic heterocycles. The molecule has 0 aromatic heterocycles. The fraction of sp³-hybridized carbons (Fsp3) is 0.571. The van der Waals surface area contributed by atoms with E-state index in [4.69, 9.17) is 0 Å². The number of rotatable bonds is 2. The van der Waals surface area contributed by atoms with Gasteiger partial charge in [-0.3, -0.25) is 0 Å². The largest absolute Gasteiger partial charge is 0.207 e. The van der Waals surface area contributed by atoms with Gasteiger partial charge in [0.15, 0.2) is 0 Å². The Bertz CT molecular complexity index is 325. The summed E-state index contributed by atoms with van der Waals surface area (Å²) in [6, 6.07) is 6.89. The zero-order valence-electron chi connectivity index (χ0n) is 9.63. The molecule has 1 fully saturated rings. The first-order valence-electron chi connectivity index (χ1n) is 6.06. The highest BCUT2D eigenvalue weighted by molar-refractivity contribution is 9.09. The Morgan fingerprint density at radius 2 is 1.69 bits per heavy atom. The van der Waals surface area contributed by atoms with Gasteiger partial charge in [0.1, 0.15) is 5.82 Å². The fourth-order valence-corrected chi connectivity index (χ4v) is 3.33. The third-order valence-corrected chi connectivity index (χ3v) is 4.94. The Morgan fingerprint density at radius 1 is 1.12 bits per heavy atom. The second-order valence-electron chi connectivity index (χ2n) is 4.97. The third-order valence-electron chi connectivity index (χ3n) is 3.66. The molecule has 1 atom stereocenters. The summed E-state index contributed by atoms with van der Waals surface area (Å²) in [7, 11) is 0. The van der Waals surface area contributed by atoms with Crippen LogP contribution < -0.4 is 0 Å². The second kappa shape index (κ2) is 5.31. The summed E-state index contributed by atoms with van der Waals surface area (Å²) < 4.78 is 12.8. The molecule has 1 aliphatic rings. The standard InChI is InChI=1S/C14H18BrF/c1-10-2-4-11(5-3-10)14(15)12-6-8-13(16)9-7-12/h6-11,14H,2-5H2,1H3. The van der Waals surface area contributed by atoms with Crippen LogP contribution in [0.4, 0.5) is 4.39 Å². The van der Waals surface area contributed by atoms with Crippen LogP contribution in [0, 0.1) is 17.7 Å². The van der Waals surface area contributed by atoms with E-state index in [1.165, 1.54) is 31.2 Å². The molecule has 1 aromatic rings. The van der Waals surface area contributed by atoms with E-state index in [1.54, 1.807) is 12.1 Å². The van der Waals surface area contributed by atoms with Gasteiger partial charge in [0, 0.05) is 4.83 Å². The van der Waals surface area contributed by atoms with Crippen molar-refractivity contribution in [1.82, 2.24) is 0 Å². The molecule has 1 aromatic carbocycles. The van der Waals surface area contributed by atoms with Crippen molar-refractivity contribution in [2.45, 2.75) is 37.4 Å². The van der Waals surface area contributed by atoms with Crippen LogP contribution in [0.15, 0.2) is 24.3 Å². The van der Waals surface area contributed by atoms with Crippen molar-refractivity contribution in [3.8, 4) is 0 Å². The van der Waals surface area contributed by atoms with Gasteiger partial charge in [-0.05, 0) is 42.4 Å². The lowest BCUT2D eigenvalue weighted by molar-refractivity contribution is 0.287. The molecule has 1 aliphatic carbocycles. The van der Waals surface area contributed by atoms with E-state index in [9.17, 15) is 4.39 Å². The molecule has 1 unspecified atom stereocenters. The van der Waals surface area contributed by atoms with E-state index in [0.29, 0.717) is 10.7 Å². The average molecular weight is 285 g/mol. The molecule has 0 amide bonds. The van der Waals surface area contributed by atoms with Crippen LogP contribution in [0.3, 0.4) is 0 Å². The summed E-state index contributed by atoms with van der Waals surface area (Å²) >= 11 is 3.77. The predicted octanol–water partition coefficient (Wildman–Crippen LogP) is 5.09. The molecule has 0 nitrogen and oxygen atoms in total. The molecule has 1 saturated carbocycles. The smallest absolute Gasteiger partial charge is 0.123 e. The number of halogens is 2.